The van der Waals surface area contributed by atoms with E-state index in [1.165, 1.54) is 6.07 Å². The summed E-state index contributed by atoms with van der Waals surface area (Å²) in [6.45, 7) is 1.61. The predicted molar refractivity (Wildman–Crippen MR) is 59.6 cm³/mol. The number of halogens is 3. The summed E-state index contributed by atoms with van der Waals surface area (Å²) in [5, 5.41) is 11.0. The zero-order valence-electron chi connectivity index (χ0n) is 9.38. The van der Waals surface area contributed by atoms with Crippen LogP contribution in [0.4, 0.5) is 18.9 Å². The summed E-state index contributed by atoms with van der Waals surface area (Å²) < 4.78 is 37.4. The fourth-order valence-electron chi connectivity index (χ4n) is 1.20. The SMILES string of the molecule is Cc1ccc(C(F)(F)F)cc1N/C=C(/C#N)C=O. The highest BCUT2D eigenvalue weighted by molar-refractivity contribution is 5.79. The smallest absolute Gasteiger partial charge is 0.360 e. The molecule has 1 aromatic carbocycles. The highest BCUT2D eigenvalue weighted by Crippen LogP contribution is 2.32. The molecular formula is C12H9F3N2O. The lowest BCUT2D eigenvalue weighted by atomic mass is 10.1. The van der Waals surface area contributed by atoms with Gasteiger partial charge in [0.15, 0.2) is 6.29 Å². The standard InChI is InChI=1S/C12H9F3N2O/c1-8-2-3-10(12(13,14)15)4-11(8)17-6-9(5-16)7-18/h2-4,6-7,17H,1H3/b9-6-. The van der Waals surface area contributed by atoms with Gasteiger partial charge in [-0.3, -0.25) is 4.79 Å². The normalized spacial score (nSPS) is 11.8. The molecule has 0 spiro atoms. The highest BCUT2D eigenvalue weighted by Gasteiger charge is 2.30. The van der Waals surface area contributed by atoms with Crippen LogP contribution in [0.1, 0.15) is 11.1 Å². The van der Waals surface area contributed by atoms with Gasteiger partial charge in [-0.1, -0.05) is 6.07 Å². The molecule has 3 nitrogen and oxygen atoms in total. The maximum atomic E-state index is 12.5. The summed E-state index contributed by atoms with van der Waals surface area (Å²) in [5.74, 6) is 0. The molecule has 0 bridgehead atoms. The van der Waals surface area contributed by atoms with E-state index in [2.05, 4.69) is 5.32 Å². The number of aryl methyl sites for hydroxylation is 1. The first-order valence-electron chi connectivity index (χ1n) is 4.88. The molecule has 0 heterocycles. The van der Waals surface area contributed by atoms with Crippen molar-refractivity contribution in [2.45, 2.75) is 13.1 Å². The monoisotopic (exact) mass is 254 g/mol. The molecule has 94 valence electrons. The average molecular weight is 254 g/mol. The number of alkyl halides is 3. The molecule has 0 aliphatic heterocycles. The second-order valence-electron chi connectivity index (χ2n) is 3.50. The molecule has 0 aliphatic carbocycles. The van der Waals surface area contributed by atoms with E-state index in [0.29, 0.717) is 11.8 Å². The van der Waals surface area contributed by atoms with Gasteiger partial charge < -0.3 is 5.32 Å². The third-order valence-electron chi connectivity index (χ3n) is 2.20. The quantitative estimate of drug-likeness (QED) is 0.512. The summed E-state index contributed by atoms with van der Waals surface area (Å²) in [7, 11) is 0. The summed E-state index contributed by atoms with van der Waals surface area (Å²) in [6.07, 6.45) is -3.05. The Labute approximate surface area is 102 Å². The van der Waals surface area contributed by atoms with E-state index in [1.54, 1.807) is 13.0 Å². The van der Waals surface area contributed by atoms with Crippen molar-refractivity contribution in [2.24, 2.45) is 0 Å². The fourth-order valence-corrected chi connectivity index (χ4v) is 1.20. The van der Waals surface area contributed by atoms with Crippen LogP contribution in [0, 0.1) is 18.3 Å². The van der Waals surface area contributed by atoms with Crippen LogP contribution < -0.4 is 5.32 Å². The van der Waals surface area contributed by atoms with E-state index in [-0.39, 0.29) is 11.3 Å². The van der Waals surface area contributed by atoms with Crippen molar-refractivity contribution >= 4 is 12.0 Å². The second-order valence-corrected chi connectivity index (χ2v) is 3.50. The average Bonchev–Trinajstić information content (AvgIpc) is 2.31. The lowest BCUT2D eigenvalue weighted by Gasteiger charge is -2.11. The molecule has 18 heavy (non-hydrogen) atoms. The zero-order chi connectivity index (χ0) is 13.8. The van der Waals surface area contributed by atoms with Crippen molar-refractivity contribution < 1.29 is 18.0 Å². The number of anilines is 1. The van der Waals surface area contributed by atoms with Gasteiger partial charge in [-0.15, -0.1) is 0 Å². The van der Waals surface area contributed by atoms with E-state index in [9.17, 15) is 18.0 Å². The molecule has 1 N–H and O–H groups in total. The van der Waals surface area contributed by atoms with Crippen molar-refractivity contribution in [3.05, 3.63) is 41.1 Å². The Bertz CT molecular complexity index is 527. The maximum absolute atomic E-state index is 12.5. The third kappa shape index (κ3) is 3.35. The van der Waals surface area contributed by atoms with E-state index in [4.69, 9.17) is 5.26 Å². The van der Waals surface area contributed by atoms with E-state index in [0.717, 1.165) is 18.3 Å². The van der Waals surface area contributed by atoms with E-state index in [1.807, 2.05) is 0 Å². The van der Waals surface area contributed by atoms with Crippen LogP contribution in [0.15, 0.2) is 30.0 Å². The molecule has 6 heteroatoms. The van der Waals surface area contributed by atoms with Crippen LogP contribution in [0.3, 0.4) is 0 Å². The number of allylic oxidation sites excluding steroid dienone is 1. The Hall–Kier alpha value is -2.29. The Morgan fingerprint density at radius 3 is 2.61 bits per heavy atom. The van der Waals surface area contributed by atoms with Crippen LogP contribution >= 0.6 is 0 Å². The predicted octanol–water partition coefficient (Wildman–Crippen LogP) is 3.03. The molecule has 1 aromatic rings. The second kappa shape index (κ2) is 5.36. The number of hydrogen-bond donors (Lipinski definition) is 1. The molecular weight excluding hydrogens is 245 g/mol. The van der Waals surface area contributed by atoms with Gasteiger partial charge in [-0.2, -0.15) is 18.4 Å². The Morgan fingerprint density at radius 2 is 2.11 bits per heavy atom. The molecule has 0 atom stereocenters. The molecule has 0 unspecified atom stereocenters. The number of nitriles is 1. The Balaban J connectivity index is 3.07. The van der Waals surface area contributed by atoms with Crippen molar-refractivity contribution in [1.82, 2.24) is 0 Å². The maximum Gasteiger partial charge on any atom is 0.416 e. The number of carbonyl (C=O) groups is 1. The number of carbonyl (C=O) groups excluding carboxylic acids is 1. The van der Waals surface area contributed by atoms with Gasteiger partial charge in [0.05, 0.1) is 5.56 Å². The molecule has 0 fully saturated rings. The van der Waals surface area contributed by atoms with Crippen molar-refractivity contribution in [1.29, 1.82) is 5.26 Å². The summed E-state index contributed by atoms with van der Waals surface area (Å²) in [5.41, 5.74) is -0.234. The van der Waals surface area contributed by atoms with Crippen LogP contribution in [0.2, 0.25) is 0 Å². The lowest BCUT2D eigenvalue weighted by molar-refractivity contribution is -0.137. The first kappa shape index (κ1) is 13.8. The fraction of sp³-hybridized carbons (Fsp3) is 0.167. The van der Waals surface area contributed by atoms with Crippen LogP contribution in [0.25, 0.3) is 0 Å². The number of rotatable bonds is 3. The number of nitrogens with zero attached hydrogens (tertiary/aromatic N) is 1. The zero-order valence-corrected chi connectivity index (χ0v) is 9.38. The van der Waals surface area contributed by atoms with Crippen molar-refractivity contribution in [3.8, 4) is 6.07 Å². The molecule has 0 saturated heterocycles. The van der Waals surface area contributed by atoms with Crippen LogP contribution in [-0.2, 0) is 11.0 Å². The summed E-state index contributed by atoms with van der Waals surface area (Å²) in [4.78, 5) is 10.4. The Morgan fingerprint density at radius 1 is 1.44 bits per heavy atom. The molecule has 0 amide bonds. The number of benzene rings is 1. The van der Waals surface area contributed by atoms with Crippen LogP contribution in [0.5, 0.6) is 0 Å². The number of aldehydes is 1. The minimum atomic E-state index is -4.43. The first-order chi connectivity index (χ1) is 8.38. The largest absolute Gasteiger partial charge is 0.416 e. The van der Waals surface area contributed by atoms with Gasteiger partial charge in [0.25, 0.3) is 0 Å². The molecule has 0 aromatic heterocycles. The Kier molecular flexibility index (Phi) is 4.10. The van der Waals surface area contributed by atoms with E-state index < -0.39 is 11.7 Å². The van der Waals surface area contributed by atoms with Gasteiger partial charge in [0.2, 0.25) is 0 Å². The van der Waals surface area contributed by atoms with Gasteiger partial charge in [0, 0.05) is 11.9 Å². The summed E-state index contributed by atoms with van der Waals surface area (Å²) >= 11 is 0. The van der Waals surface area contributed by atoms with Crippen molar-refractivity contribution in [3.63, 3.8) is 0 Å². The summed E-state index contributed by atoms with van der Waals surface area (Å²) in [6, 6.07) is 4.80. The molecule has 0 radical (unpaired) electrons. The highest BCUT2D eigenvalue weighted by atomic mass is 19.4. The number of nitrogens with one attached hydrogen (secondary N) is 1. The van der Waals surface area contributed by atoms with E-state index >= 15 is 0 Å². The molecule has 0 saturated carbocycles. The minimum absolute atomic E-state index is 0.194. The van der Waals surface area contributed by atoms with Gasteiger partial charge in [-0.25, -0.2) is 0 Å². The third-order valence-corrected chi connectivity index (χ3v) is 2.20. The molecule has 0 aliphatic rings. The minimum Gasteiger partial charge on any atom is -0.360 e. The van der Waals surface area contributed by atoms with Crippen molar-refractivity contribution in [2.75, 3.05) is 5.32 Å². The number of hydrogen-bond acceptors (Lipinski definition) is 3. The van der Waals surface area contributed by atoms with Gasteiger partial charge >= 0.3 is 6.18 Å². The van der Waals surface area contributed by atoms with Crippen LogP contribution in [-0.4, -0.2) is 6.29 Å². The lowest BCUT2D eigenvalue weighted by Crippen LogP contribution is -2.06. The molecule has 1 rings (SSSR count). The van der Waals surface area contributed by atoms with Gasteiger partial charge in [-0.05, 0) is 24.6 Å². The topological polar surface area (TPSA) is 52.9 Å². The first-order valence-corrected chi connectivity index (χ1v) is 4.88. The van der Waals surface area contributed by atoms with Gasteiger partial charge in [0.1, 0.15) is 11.6 Å².